The van der Waals surface area contributed by atoms with Gasteiger partial charge in [0.1, 0.15) is 0 Å². The van der Waals surface area contributed by atoms with E-state index in [1.165, 1.54) is 5.32 Å². The van der Waals surface area contributed by atoms with Crippen molar-refractivity contribution < 1.29 is 57.8 Å². The molecule has 0 aliphatic heterocycles. The van der Waals surface area contributed by atoms with Crippen LogP contribution in [0.1, 0.15) is 6.42 Å². The van der Waals surface area contributed by atoms with Gasteiger partial charge in [0.05, 0.1) is 0 Å². The summed E-state index contributed by atoms with van der Waals surface area (Å²) < 4.78 is 140. The van der Waals surface area contributed by atoms with Gasteiger partial charge in [-0.3, -0.25) is 9.53 Å². The fraction of sp³-hybridized carbons (Fsp3) is 0.900. The molecule has 1 unspecified atom stereocenters. The lowest BCUT2D eigenvalue weighted by molar-refractivity contribution is -0.472. The number of hydrogen-bond donors (Lipinski definition) is 1. The lowest BCUT2D eigenvalue weighted by Crippen LogP contribution is -2.63. The zero-order valence-electron chi connectivity index (χ0n) is 12.3. The Bertz CT molecular complexity index is 465. The van der Waals surface area contributed by atoms with E-state index >= 15 is 0 Å². The van der Waals surface area contributed by atoms with E-state index in [-0.39, 0.29) is 6.42 Å². The second-order valence-corrected chi connectivity index (χ2v) is 6.45. The van der Waals surface area contributed by atoms with E-state index in [1.54, 1.807) is 6.55 Å². The molecule has 0 saturated carbocycles. The van der Waals surface area contributed by atoms with Crippen LogP contribution in [0.3, 0.4) is 0 Å². The molecule has 0 heterocycles. The SMILES string of the molecule is C[SiH2]CCCNC(=O)C(F)(OC(F)(F)C(F)(F)C(F)(F)F)C(F)(F)F. The highest BCUT2D eigenvalue weighted by molar-refractivity contribution is 6.33. The van der Waals surface area contributed by atoms with E-state index in [0.717, 1.165) is 0 Å². The summed E-state index contributed by atoms with van der Waals surface area (Å²) in [5.74, 6) is -16.3. The quantitative estimate of drug-likeness (QED) is 0.376. The molecule has 0 rings (SSSR count). The van der Waals surface area contributed by atoms with E-state index in [1.807, 2.05) is 0 Å². The zero-order chi connectivity index (χ0) is 20.3. The molecule has 0 aliphatic rings. The Hall–Kier alpha value is -1.12. The molecule has 0 aromatic heterocycles. The average molecular weight is 415 g/mol. The number of nitrogens with one attached hydrogen (secondary N) is 1. The summed E-state index contributed by atoms with van der Waals surface area (Å²) in [6.07, 6.45) is -20.7. The van der Waals surface area contributed by atoms with Crippen LogP contribution in [-0.2, 0) is 9.53 Å². The highest BCUT2D eigenvalue weighted by Gasteiger charge is 2.79. The molecule has 0 spiro atoms. The van der Waals surface area contributed by atoms with Crippen LogP contribution < -0.4 is 5.32 Å². The fourth-order valence-corrected chi connectivity index (χ4v) is 2.08. The number of ether oxygens (including phenoxy) is 1. The van der Waals surface area contributed by atoms with Crippen LogP contribution in [0.25, 0.3) is 0 Å². The molecule has 0 fully saturated rings. The molecule has 0 saturated heterocycles. The van der Waals surface area contributed by atoms with Gasteiger partial charge in [-0.2, -0.15) is 48.3 Å². The molecule has 0 bridgehead atoms. The molecule has 0 radical (unpaired) electrons. The Kier molecular flexibility index (Phi) is 7.29. The van der Waals surface area contributed by atoms with Crippen LogP contribution in [0.4, 0.5) is 48.3 Å². The van der Waals surface area contributed by atoms with Crippen LogP contribution in [0.5, 0.6) is 0 Å². The largest absolute Gasteiger partial charge is 0.462 e. The zero-order valence-corrected chi connectivity index (χ0v) is 13.7. The minimum absolute atomic E-state index is 0.0253. The maximum Gasteiger partial charge on any atom is 0.462 e. The molecule has 0 aromatic carbocycles. The van der Waals surface area contributed by atoms with Crippen molar-refractivity contribution in [2.45, 2.75) is 49.3 Å². The summed E-state index contributed by atoms with van der Waals surface area (Å²) in [6, 6.07) is 0.453. The Morgan fingerprint density at radius 3 is 1.76 bits per heavy atom. The summed E-state index contributed by atoms with van der Waals surface area (Å²) in [4.78, 5) is 11.1. The van der Waals surface area contributed by atoms with E-state index in [0.29, 0.717) is 6.04 Å². The summed E-state index contributed by atoms with van der Waals surface area (Å²) in [5, 5.41) is 1.18. The predicted molar refractivity (Wildman–Crippen MR) is 63.8 cm³/mol. The smallest absolute Gasteiger partial charge is 0.351 e. The van der Waals surface area contributed by atoms with Gasteiger partial charge in [0.15, 0.2) is 0 Å². The fourth-order valence-electron chi connectivity index (χ4n) is 1.33. The van der Waals surface area contributed by atoms with E-state index < -0.39 is 52.2 Å². The monoisotopic (exact) mass is 415 g/mol. The minimum Gasteiger partial charge on any atom is -0.351 e. The Labute approximate surface area is 135 Å². The Morgan fingerprint density at radius 1 is 0.920 bits per heavy atom. The maximum atomic E-state index is 13.7. The first-order valence-corrected chi connectivity index (χ1v) is 8.92. The van der Waals surface area contributed by atoms with Crippen molar-refractivity contribution in [1.82, 2.24) is 5.32 Å². The summed E-state index contributed by atoms with van der Waals surface area (Å²) in [5.41, 5.74) is 0. The standard InChI is InChI=1S/C10H12F11NO2Si/c1-25-4-2-3-22-5(23)6(11,8(14,15)16)24-10(20,21)7(12,13)9(17,18)19/h2-4,25H2,1H3,(H,22,23). The molecule has 3 nitrogen and oxygen atoms in total. The topological polar surface area (TPSA) is 38.3 Å². The summed E-state index contributed by atoms with van der Waals surface area (Å²) in [6.45, 7) is 1.12. The minimum atomic E-state index is -7.18. The molecule has 25 heavy (non-hydrogen) atoms. The molecule has 1 amide bonds. The number of hydrogen-bond acceptors (Lipinski definition) is 2. The van der Waals surface area contributed by atoms with Crippen molar-refractivity contribution in [3.8, 4) is 0 Å². The number of alkyl halides is 11. The van der Waals surface area contributed by atoms with Crippen LogP contribution in [-0.4, -0.2) is 52.2 Å². The Balaban J connectivity index is 5.59. The summed E-state index contributed by atoms with van der Waals surface area (Å²) >= 11 is 0. The summed E-state index contributed by atoms with van der Waals surface area (Å²) in [7, 11) is -0.597. The van der Waals surface area contributed by atoms with E-state index in [9.17, 15) is 53.1 Å². The third kappa shape index (κ3) is 5.18. The highest BCUT2D eigenvalue weighted by Crippen LogP contribution is 2.50. The molecule has 15 heteroatoms. The van der Waals surface area contributed by atoms with Crippen molar-refractivity contribution in [2.75, 3.05) is 6.54 Å². The lowest BCUT2D eigenvalue weighted by Gasteiger charge is -2.34. The van der Waals surface area contributed by atoms with Gasteiger partial charge in [0.2, 0.25) is 0 Å². The maximum absolute atomic E-state index is 13.7. The number of rotatable bonds is 8. The first kappa shape index (κ1) is 23.9. The molecule has 0 aliphatic carbocycles. The van der Waals surface area contributed by atoms with Gasteiger partial charge in [-0.1, -0.05) is 12.6 Å². The second kappa shape index (κ2) is 7.63. The average Bonchev–Trinajstić information content (AvgIpc) is 2.40. The van der Waals surface area contributed by atoms with Crippen molar-refractivity contribution in [1.29, 1.82) is 0 Å². The highest BCUT2D eigenvalue weighted by atomic mass is 28.2. The number of carbonyl (C=O) groups excluding carboxylic acids is 1. The van der Waals surface area contributed by atoms with Crippen LogP contribution in [0.15, 0.2) is 0 Å². The molecular weight excluding hydrogens is 403 g/mol. The molecule has 0 aromatic rings. The number of halogens is 11. The van der Waals surface area contributed by atoms with Gasteiger partial charge in [0, 0.05) is 16.1 Å². The lowest BCUT2D eigenvalue weighted by atomic mass is 10.2. The number of carbonyl (C=O) groups is 1. The van der Waals surface area contributed by atoms with Gasteiger partial charge < -0.3 is 5.32 Å². The van der Waals surface area contributed by atoms with Crippen molar-refractivity contribution in [2.24, 2.45) is 0 Å². The van der Waals surface area contributed by atoms with Crippen molar-refractivity contribution >= 4 is 15.4 Å². The van der Waals surface area contributed by atoms with Gasteiger partial charge in [0.25, 0.3) is 5.91 Å². The molecule has 150 valence electrons. The van der Waals surface area contributed by atoms with Crippen molar-refractivity contribution in [3.05, 3.63) is 0 Å². The van der Waals surface area contributed by atoms with E-state index in [2.05, 4.69) is 4.74 Å². The third-order valence-corrected chi connectivity index (χ3v) is 3.92. The molecule has 1 N–H and O–H groups in total. The molecular formula is C10H12F11NO2Si. The Morgan fingerprint density at radius 2 is 1.40 bits per heavy atom. The van der Waals surface area contributed by atoms with Crippen molar-refractivity contribution in [3.63, 3.8) is 0 Å². The van der Waals surface area contributed by atoms with Gasteiger partial charge in [-0.05, 0) is 6.42 Å². The van der Waals surface area contributed by atoms with Gasteiger partial charge >= 0.3 is 30.2 Å². The third-order valence-electron chi connectivity index (χ3n) is 2.71. The predicted octanol–water partition coefficient (Wildman–Crippen LogP) is 3.16. The van der Waals surface area contributed by atoms with Crippen LogP contribution in [0, 0.1) is 0 Å². The van der Waals surface area contributed by atoms with Gasteiger partial charge in [-0.25, -0.2) is 0 Å². The first-order valence-electron chi connectivity index (χ1n) is 6.50. The van der Waals surface area contributed by atoms with Gasteiger partial charge in [-0.15, -0.1) is 0 Å². The van der Waals surface area contributed by atoms with E-state index in [4.69, 9.17) is 0 Å². The first-order chi connectivity index (χ1) is 10.9. The molecule has 1 atom stereocenters. The van der Waals surface area contributed by atoms with Crippen LogP contribution in [0.2, 0.25) is 12.6 Å². The van der Waals surface area contributed by atoms with Crippen LogP contribution >= 0.6 is 0 Å². The number of amides is 1. The second-order valence-electron chi connectivity index (χ2n) is 4.75. The normalized spacial score (nSPS) is 17.0.